The van der Waals surface area contributed by atoms with Crippen LogP contribution in [0.2, 0.25) is 0 Å². The van der Waals surface area contributed by atoms with Crippen LogP contribution in [0.25, 0.3) is 0 Å². The van der Waals surface area contributed by atoms with Crippen molar-refractivity contribution in [3.63, 3.8) is 0 Å². The Bertz CT molecular complexity index is 684. The number of likely N-dealkylation sites (N-methyl/N-ethyl adjacent to an activating group) is 1. The van der Waals surface area contributed by atoms with E-state index in [0.29, 0.717) is 0 Å². The lowest BCUT2D eigenvalue weighted by molar-refractivity contribution is 0.106. The van der Waals surface area contributed by atoms with Gasteiger partial charge in [0.25, 0.3) is 0 Å². The molecule has 0 aromatic carbocycles. The molecular weight excluding hydrogens is 362 g/mol. The van der Waals surface area contributed by atoms with Gasteiger partial charge in [0.05, 0.1) is 23.7 Å². The Kier molecular flexibility index (Phi) is 5.67. The number of likely N-dealkylation sites (tertiary alicyclic amines) is 1. The topological polar surface area (TPSA) is 90.0 Å². The number of hydrogen-bond acceptors (Lipinski definition) is 6. The van der Waals surface area contributed by atoms with E-state index in [1.54, 1.807) is 18.4 Å². The van der Waals surface area contributed by atoms with Crippen molar-refractivity contribution in [1.29, 1.82) is 0 Å². The molecule has 2 amide bonds. The van der Waals surface area contributed by atoms with Crippen LogP contribution in [0.15, 0.2) is 17.5 Å². The Morgan fingerprint density at radius 2 is 2.12 bits per heavy atom. The van der Waals surface area contributed by atoms with Crippen LogP contribution in [-0.2, 0) is 16.4 Å². The van der Waals surface area contributed by atoms with Gasteiger partial charge >= 0.3 is 6.03 Å². The third-order valence-corrected chi connectivity index (χ3v) is 7.55. The number of piperidine rings is 1. The van der Waals surface area contributed by atoms with E-state index >= 15 is 0 Å². The molecule has 3 rings (SSSR count). The summed E-state index contributed by atoms with van der Waals surface area (Å²) >= 11 is 1.76. The minimum Gasteiger partial charge on any atom is -0.390 e. The quantitative estimate of drug-likeness (QED) is 0.786. The first-order valence-electron chi connectivity index (χ1n) is 8.50. The third-order valence-electron chi connectivity index (χ3n) is 4.99. The van der Waals surface area contributed by atoms with Crippen LogP contribution in [0.5, 0.6) is 0 Å². The minimum absolute atomic E-state index is 0.0877. The Morgan fingerprint density at radius 3 is 2.68 bits per heavy atom. The lowest BCUT2D eigenvalue weighted by atomic mass is 10.1. The Balaban J connectivity index is 1.46. The highest BCUT2D eigenvalue weighted by molar-refractivity contribution is 7.91. The van der Waals surface area contributed by atoms with E-state index in [4.69, 9.17) is 0 Å². The van der Waals surface area contributed by atoms with Crippen molar-refractivity contribution in [2.45, 2.75) is 37.6 Å². The first-order chi connectivity index (χ1) is 11.8. The highest BCUT2D eigenvalue weighted by Crippen LogP contribution is 2.19. The molecule has 0 aliphatic carbocycles. The molecule has 9 heteroatoms. The average molecular weight is 388 g/mol. The number of rotatable bonds is 4. The molecule has 2 atom stereocenters. The number of hydrogen-bond donors (Lipinski definition) is 2. The van der Waals surface area contributed by atoms with Gasteiger partial charge in [-0.1, -0.05) is 6.07 Å². The zero-order valence-corrected chi connectivity index (χ0v) is 15.9. The number of sulfone groups is 1. The minimum atomic E-state index is -3.27. The molecule has 1 aromatic rings. The van der Waals surface area contributed by atoms with Gasteiger partial charge in [0.15, 0.2) is 9.84 Å². The van der Waals surface area contributed by atoms with Crippen LogP contribution in [-0.4, -0.2) is 79.2 Å². The second-order valence-electron chi connectivity index (χ2n) is 6.90. The van der Waals surface area contributed by atoms with Crippen molar-refractivity contribution in [2.24, 2.45) is 0 Å². The molecule has 0 bridgehead atoms. The van der Waals surface area contributed by atoms with Gasteiger partial charge in [-0.3, -0.25) is 4.90 Å². The summed E-state index contributed by atoms with van der Waals surface area (Å²) in [6, 6.07) is 3.31. The first-order valence-corrected chi connectivity index (χ1v) is 11.2. The van der Waals surface area contributed by atoms with Gasteiger partial charge in [0, 0.05) is 37.6 Å². The van der Waals surface area contributed by atoms with Gasteiger partial charge in [-0.2, -0.15) is 0 Å². The molecule has 0 saturated carbocycles. The highest BCUT2D eigenvalue weighted by Gasteiger charge is 2.40. The number of carbonyl (C=O) groups is 1. The standard InChI is InChI=1S/C16H25N3O4S2/c1-18(14-10-25(22,23)11-15(14)20)16(21)17-12-4-6-19(7-5-12)9-13-3-2-8-24-13/h2-3,8,12,14-15,20H,4-7,9-11H2,1H3,(H,17,21)/t14-,15-/m1/s1. The molecule has 140 valence electrons. The summed E-state index contributed by atoms with van der Waals surface area (Å²) in [5, 5.41) is 15.0. The number of aliphatic hydroxyl groups is 1. The second kappa shape index (κ2) is 7.61. The van der Waals surface area contributed by atoms with Gasteiger partial charge in [0.2, 0.25) is 0 Å². The molecule has 1 aromatic heterocycles. The maximum Gasteiger partial charge on any atom is 0.317 e. The van der Waals surface area contributed by atoms with Crippen molar-refractivity contribution < 1.29 is 18.3 Å². The summed E-state index contributed by atoms with van der Waals surface area (Å²) in [6.45, 7) is 2.80. The maximum absolute atomic E-state index is 12.4. The summed E-state index contributed by atoms with van der Waals surface area (Å²) < 4.78 is 23.2. The Labute approximate surface area is 152 Å². The number of nitrogens with one attached hydrogen (secondary N) is 1. The smallest absolute Gasteiger partial charge is 0.317 e. The van der Waals surface area contributed by atoms with Gasteiger partial charge in [-0.25, -0.2) is 13.2 Å². The fraction of sp³-hybridized carbons (Fsp3) is 0.688. The molecule has 2 aliphatic rings. The van der Waals surface area contributed by atoms with Gasteiger partial charge in [0.1, 0.15) is 0 Å². The molecule has 7 nitrogen and oxygen atoms in total. The highest BCUT2D eigenvalue weighted by atomic mass is 32.2. The van der Waals surface area contributed by atoms with E-state index in [9.17, 15) is 18.3 Å². The first kappa shape index (κ1) is 18.6. The molecule has 25 heavy (non-hydrogen) atoms. The van der Waals surface area contributed by atoms with Gasteiger partial charge in [-0.15, -0.1) is 11.3 Å². The summed E-state index contributed by atoms with van der Waals surface area (Å²) in [5.41, 5.74) is 0. The number of nitrogens with zero attached hydrogens (tertiary/aromatic N) is 2. The van der Waals surface area contributed by atoms with Crippen LogP contribution in [0, 0.1) is 0 Å². The van der Waals surface area contributed by atoms with Crippen molar-refractivity contribution in [3.8, 4) is 0 Å². The zero-order valence-electron chi connectivity index (χ0n) is 14.3. The monoisotopic (exact) mass is 387 g/mol. The molecule has 2 saturated heterocycles. The van der Waals surface area contributed by atoms with E-state index in [1.165, 1.54) is 9.78 Å². The number of carbonyl (C=O) groups excluding carboxylic acids is 1. The average Bonchev–Trinajstić information content (AvgIpc) is 3.15. The van der Waals surface area contributed by atoms with E-state index in [1.807, 2.05) is 0 Å². The van der Waals surface area contributed by atoms with E-state index in [-0.39, 0.29) is 23.6 Å². The van der Waals surface area contributed by atoms with Gasteiger partial charge in [-0.05, 0) is 24.3 Å². The molecule has 2 fully saturated rings. The molecule has 2 aliphatic heterocycles. The summed E-state index contributed by atoms with van der Waals surface area (Å²) in [4.78, 5) is 17.5. The number of urea groups is 1. The van der Waals surface area contributed by atoms with Crippen molar-refractivity contribution >= 4 is 27.2 Å². The SMILES string of the molecule is CN(C(=O)NC1CCN(Cc2cccs2)CC1)[C@@H]1CS(=O)(=O)C[C@H]1O. The van der Waals surface area contributed by atoms with Crippen molar-refractivity contribution in [2.75, 3.05) is 31.6 Å². The molecule has 2 N–H and O–H groups in total. The number of aliphatic hydroxyl groups excluding tert-OH is 1. The normalized spacial score (nSPS) is 27.3. The van der Waals surface area contributed by atoms with Crippen molar-refractivity contribution in [1.82, 2.24) is 15.1 Å². The lowest BCUT2D eigenvalue weighted by Gasteiger charge is -2.34. The number of amides is 2. The van der Waals surface area contributed by atoms with E-state index in [2.05, 4.69) is 27.7 Å². The maximum atomic E-state index is 12.4. The predicted molar refractivity (Wildman–Crippen MR) is 97.4 cm³/mol. The molecule has 0 radical (unpaired) electrons. The van der Waals surface area contributed by atoms with Crippen LogP contribution in [0.3, 0.4) is 0 Å². The van der Waals surface area contributed by atoms with Crippen molar-refractivity contribution in [3.05, 3.63) is 22.4 Å². The van der Waals surface area contributed by atoms with Crippen LogP contribution < -0.4 is 5.32 Å². The molecule has 3 heterocycles. The molecular formula is C16H25N3O4S2. The second-order valence-corrected chi connectivity index (χ2v) is 10.1. The largest absolute Gasteiger partial charge is 0.390 e. The molecule has 0 unspecified atom stereocenters. The van der Waals surface area contributed by atoms with E-state index < -0.39 is 22.0 Å². The fourth-order valence-corrected chi connectivity index (χ4v) is 6.06. The summed E-state index contributed by atoms with van der Waals surface area (Å²) in [7, 11) is -1.71. The predicted octanol–water partition coefficient (Wildman–Crippen LogP) is 0.512. The zero-order chi connectivity index (χ0) is 18.0. The van der Waals surface area contributed by atoms with Crippen LogP contribution in [0.4, 0.5) is 4.79 Å². The lowest BCUT2D eigenvalue weighted by Crippen LogP contribution is -2.53. The number of thiophene rings is 1. The molecule has 0 spiro atoms. The van der Waals surface area contributed by atoms with Crippen LogP contribution >= 0.6 is 11.3 Å². The fourth-order valence-electron chi connectivity index (χ4n) is 3.47. The summed E-state index contributed by atoms with van der Waals surface area (Å²) in [6.07, 6.45) is 0.737. The van der Waals surface area contributed by atoms with E-state index in [0.717, 1.165) is 32.5 Å². The summed E-state index contributed by atoms with van der Waals surface area (Å²) in [5.74, 6) is -0.437. The third kappa shape index (κ3) is 4.72. The van der Waals surface area contributed by atoms with Gasteiger partial charge < -0.3 is 15.3 Å². The van der Waals surface area contributed by atoms with Crippen LogP contribution in [0.1, 0.15) is 17.7 Å². The Morgan fingerprint density at radius 1 is 1.40 bits per heavy atom. The Hall–Kier alpha value is -1.16.